The number of anilines is 1. The van der Waals surface area contributed by atoms with Crippen LogP contribution in [0.2, 0.25) is 0 Å². The average molecular weight is 457 g/mol. The number of hydrogen-bond acceptors (Lipinski definition) is 4. The van der Waals surface area contributed by atoms with E-state index in [1.165, 1.54) is 6.92 Å². The number of hydrogen-bond donors (Lipinski definition) is 3. The van der Waals surface area contributed by atoms with E-state index in [4.69, 9.17) is 0 Å². The zero-order valence-electron chi connectivity index (χ0n) is 20.3. The summed E-state index contributed by atoms with van der Waals surface area (Å²) >= 11 is 0. The molecule has 1 saturated carbocycles. The Balaban J connectivity index is 1.60. The summed E-state index contributed by atoms with van der Waals surface area (Å²) in [4.78, 5) is 50.8. The Morgan fingerprint density at radius 3 is 2.52 bits per heavy atom. The Morgan fingerprint density at radius 2 is 1.91 bits per heavy atom. The second kappa shape index (κ2) is 9.53. The van der Waals surface area contributed by atoms with E-state index in [-0.39, 0.29) is 29.8 Å². The average Bonchev–Trinajstić information content (AvgIpc) is 2.97. The monoisotopic (exact) mass is 456 g/mol. The van der Waals surface area contributed by atoms with Gasteiger partial charge in [-0.15, -0.1) is 0 Å². The van der Waals surface area contributed by atoms with E-state index in [0.29, 0.717) is 24.4 Å². The maximum Gasteiger partial charge on any atom is 0.325 e. The van der Waals surface area contributed by atoms with E-state index in [2.05, 4.69) is 36.7 Å². The number of urea groups is 1. The van der Waals surface area contributed by atoms with Gasteiger partial charge in [0.2, 0.25) is 11.8 Å². The van der Waals surface area contributed by atoms with E-state index in [1.807, 2.05) is 13.0 Å². The molecule has 2 fully saturated rings. The van der Waals surface area contributed by atoms with Crippen LogP contribution in [0.25, 0.3) is 0 Å². The van der Waals surface area contributed by atoms with Gasteiger partial charge in [-0.2, -0.15) is 0 Å². The van der Waals surface area contributed by atoms with Crippen LogP contribution < -0.4 is 16.0 Å². The summed E-state index contributed by atoms with van der Waals surface area (Å²) in [5, 5.41) is 8.45. The van der Waals surface area contributed by atoms with Crippen molar-refractivity contribution in [3.63, 3.8) is 0 Å². The quantitative estimate of drug-likeness (QED) is 0.543. The first-order chi connectivity index (χ1) is 15.5. The number of carbonyl (C=O) groups is 4. The summed E-state index contributed by atoms with van der Waals surface area (Å²) in [5.41, 5.74) is 0.773. The fraction of sp³-hybridized carbons (Fsp3) is 0.600. The fourth-order valence-electron chi connectivity index (χ4n) is 4.94. The summed E-state index contributed by atoms with van der Waals surface area (Å²) in [6.45, 7) is 9.63. The van der Waals surface area contributed by atoms with Crippen LogP contribution in [0.4, 0.5) is 10.5 Å². The van der Waals surface area contributed by atoms with Gasteiger partial charge >= 0.3 is 6.03 Å². The maximum absolute atomic E-state index is 13.2. The first kappa shape index (κ1) is 24.7. The van der Waals surface area contributed by atoms with Gasteiger partial charge in [-0.25, -0.2) is 4.79 Å². The normalized spacial score (nSPS) is 23.9. The SMILES string of the molecule is CCC(C)(C)C1CCC2(CC1)NC(=O)N(CC(=O)NC(C)c1cccc(NC(C)=O)c1)C2=O. The minimum Gasteiger partial charge on any atom is -0.348 e. The van der Waals surface area contributed by atoms with Gasteiger partial charge in [0.15, 0.2) is 0 Å². The first-order valence-electron chi connectivity index (χ1n) is 11.8. The van der Waals surface area contributed by atoms with Crippen molar-refractivity contribution in [2.45, 2.75) is 78.3 Å². The van der Waals surface area contributed by atoms with E-state index >= 15 is 0 Å². The maximum atomic E-state index is 13.2. The molecule has 5 amide bonds. The summed E-state index contributed by atoms with van der Waals surface area (Å²) in [7, 11) is 0. The van der Waals surface area contributed by atoms with Gasteiger partial charge in [-0.05, 0) is 61.6 Å². The van der Waals surface area contributed by atoms with Crippen LogP contribution in [0.15, 0.2) is 24.3 Å². The second-order valence-electron chi connectivity index (χ2n) is 10.1. The van der Waals surface area contributed by atoms with Gasteiger partial charge < -0.3 is 16.0 Å². The lowest BCUT2D eigenvalue weighted by atomic mass is 9.65. The number of nitrogens with zero attached hydrogens (tertiary/aromatic N) is 1. The predicted molar refractivity (Wildman–Crippen MR) is 126 cm³/mol. The van der Waals surface area contributed by atoms with Crippen LogP contribution in [0, 0.1) is 11.3 Å². The molecule has 1 unspecified atom stereocenters. The molecule has 0 aromatic heterocycles. The Morgan fingerprint density at radius 1 is 1.24 bits per heavy atom. The van der Waals surface area contributed by atoms with Gasteiger partial charge in [-0.1, -0.05) is 39.3 Å². The van der Waals surface area contributed by atoms with Crippen molar-refractivity contribution < 1.29 is 19.2 Å². The first-order valence-corrected chi connectivity index (χ1v) is 11.8. The van der Waals surface area contributed by atoms with Crippen LogP contribution in [-0.2, 0) is 14.4 Å². The summed E-state index contributed by atoms with van der Waals surface area (Å²) in [5.74, 6) is -0.364. The second-order valence-corrected chi connectivity index (χ2v) is 10.1. The summed E-state index contributed by atoms with van der Waals surface area (Å²) in [6.07, 6.45) is 4.05. The number of nitrogens with one attached hydrogen (secondary N) is 3. The molecule has 1 saturated heterocycles. The van der Waals surface area contributed by atoms with E-state index < -0.39 is 17.5 Å². The van der Waals surface area contributed by atoms with Crippen molar-refractivity contribution >= 4 is 29.4 Å². The lowest BCUT2D eigenvalue weighted by Crippen LogP contribution is -2.51. The molecule has 0 bridgehead atoms. The Kier molecular flexibility index (Phi) is 7.14. The molecular formula is C25H36N4O4. The number of benzene rings is 1. The highest BCUT2D eigenvalue weighted by Gasteiger charge is 2.53. The summed E-state index contributed by atoms with van der Waals surface area (Å²) in [6, 6.07) is 6.33. The zero-order valence-corrected chi connectivity index (χ0v) is 20.3. The van der Waals surface area contributed by atoms with Gasteiger partial charge in [-0.3, -0.25) is 19.3 Å². The number of carbonyl (C=O) groups excluding carboxylic acids is 4. The van der Waals surface area contributed by atoms with Crippen molar-refractivity contribution in [2.75, 3.05) is 11.9 Å². The predicted octanol–water partition coefficient (Wildman–Crippen LogP) is 3.74. The molecular weight excluding hydrogens is 420 g/mol. The van der Waals surface area contributed by atoms with Crippen molar-refractivity contribution in [3.8, 4) is 0 Å². The van der Waals surface area contributed by atoms with Crippen molar-refractivity contribution in [3.05, 3.63) is 29.8 Å². The minimum atomic E-state index is -0.879. The minimum absolute atomic E-state index is 0.177. The zero-order chi connectivity index (χ0) is 24.4. The van der Waals surface area contributed by atoms with Crippen LogP contribution in [0.1, 0.15) is 78.3 Å². The van der Waals surface area contributed by atoms with Crippen LogP contribution in [-0.4, -0.2) is 40.7 Å². The van der Waals surface area contributed by atoms with Crippen LogP contribution >= 0.6 is 0 Å². The molecule has 8 heteroatoms. The molecule has 3 N–H and O–H groups in total. The van der Waals surface area contributed by atoms with Gasteiger partial charge in [0.05, 0.1) is 6.04 Å². The molecule has 1 heterocycles. The highest BCUT2D eigenvalue weighted by molar-refractivity contribution is 6.09. The third kappa shape index (κ3) is 5.37. The third-order valence-electron chi connectivity index (χ3n) is 7.49. The lowest BCUT2D eigenvalue weighted by Gasteiger charge is -2.42. The molecule has 8 nitrogen and oxygen atoms in total. The smallest absolute Gasteiger partial charge is 0.325 e. The van der Waals surface area contributed by atoms with Crippen molar-refractivity contribution in [1.29, 1.82) is 0 Å². The largest absolute Gasteiger partial charge is 0.348 e. The highest BCUT2D eigenvalue weighted by atomic mass is 16.2. The molecule has 1 aliphatic carbocycles. The highest BCUT2D eigenvalue weighted by Crippen LogP contribution is 2.45. The Bertz CT molecular complexity index is 934. The van der Waals surface area contributed by atoms with Crippen LogP contribution in [0.3, 0.4) is 0 Å². The fourth-order valence-corrected chi connectivity index (χ4v) is 4.94. The van der Waals surface area contributed by atoms with Gasteiger partial charge in [0.25, 0.3) is 5.91 Å². The molecule has 180 valence electrons. The number of amides is 5. The molecule has 2 aliphatic rings. The molecule has 3 rings (SSSR count). The molecule has 1 aromatic carbocycles. The molecule has 0 radical (unpaired) electrons. The van der Waals surface area contributed by atoms with E-state index in [1.54, 1.807) is 18.2 Å². The molecule has 1 atom stereocenters. The van der Waals surface area contributed by atoms with E-state index in [0.717, 1.165) is 29.7 Å². The molecule has 1 aromatic rings. The number of rotatable bonds is 7. The lowest BCUT2D eigenvalue weighted by molar-refractivity contribution is -0.136. The Hall–Kier alpha value is -2.90. The van der Waals surface area contributed by atoms with Gasteiger partial charge in [0.1, 0.15) is 12.1 Å². The van der Waals surface area contributed by atoms with Gasteiger partial charge in [0, 0.05) is 12.6 Å². The molecule has 33 heavy (non-hydrogen) atoms. The number of imide groups is 1. The molecule has 1 spiro atoms. The van der Waals surface area contributed by atoms with Crippen LogP contribution in [0.5, 0.6) is 0 Å². The van der Waals surface area contributed by atoms with Crippen molar-refractivity contribution in [2.24, 2.45) is 11.3 Å². The van der Waals surface area contributed by atoms with Crippen molar-refractivity contribution in [1.82, 2.24) is 15.5 Å². The topological polar surface area (TPSA) is 108 Å². The van der Waals surface area contributed by atoms with E-state index in [9.17, 15) is 19.2 Å². The summed E-state index contributed by atoms with van der Waals surface area (Å²) < 4.78 is 0. The standard InChI is InChI=1S/C25H36N4O4/c1-6-24(4,5)19-10-12-25(13-11-19)22(32)29(23(33)28-25)15-21(31)26-16(2)18-8-7-9-20(14-18)27-17(3)30/h7-9,14,16,19H,6,10-13,15H2,1-5H3,(H,26,31)(H,27,30)(H,28,33). The third-order valence-corrected chi connectivity index (χ3v) is 7.49. The molecule has 1 aliphatic heterocycles. The Labute approximate surface area is 195 Å².